The van der Waals surface area contributed by atoms with Gasteiger partial charge < -0.3 is 21.3 Å². The maximum absolute atomic E-state index is 13.0. The predicted octanol–water partition coefficient (Wildman–Crippen LogP) is 2.45. The molecule has 0 unspecified atom stereocenters. The summed E-state index contributed by atoms with van der Waals surface area (Å²) < 4.78 is 2.68. The Morgan fingerprint density at radius 2 is 2.09 bits per heavy atom. The number of fused-ring (bicyclic) bond motifs is 1. The van der Waals surface area contributed by atoms with Crippen LogP contribution in [0.25, 0.3) is 10.2 Å². The van der Waals surface area contributed by atoms with E-state index in [4.69, 9.17) is 5.73 Å². The fourth-order valence-corrected chi connectivity index (χ4v) is 4.98. The Balaban J connectivity index is 1.36. The van der Waals surface area contributed by atoms with Crippen molar-refractivity contribution in [1.29, 1.82) is 0 Å². The van der Waals surface area contributed by atoms with E-state index in [0.29, 0.717) is 17.1 Å². The molecule has 0 aliphatic carbocycles. The van der Waals surface area contributed by atoms with Gasteiger partial charge in [-0.05, 0) is 38.0 Å². The minimum atomic E-state index is -0.677. The van der Waals surface area contributed by atoms with Crippen LogP contribution in [-0.2, 0) is 7.05 Å². The molecule has 0 saturated carbocycles. The number of hydrogen-bond donors (Lipinski definition) is 3. The number of nitrogens with zero attached hydrogens (tertiary/aromatic N) is 6. The number of carbonyl (C=O) groups is 2. The molecule has 1 aliphatic rings. The standard InChI is InChI=1S/C23H25N9O2S/c1-13-16(29-23(34)14-5-6-18-17(8-14)26-12-35-18)4-3-7-32(13)19-10-25-20(21(24)33)22(30-19)28-15-9-27-31(2)11-15/h5-6,8-13,16H,3-4,7H2,1-2H3,(H2,24,33)(H,28,30)(H,29,34)/t13-,16-/m1/s1. The molecule has 1 aliphatic heterocycles. The molecule has 3 aromatic heterocycles. The van der Waals surface area contributed by atoms with Gasteiger partial charge in [0, 0.05) is 37.4 Å². The smallest absolute Gasteiger partial charge is 0.271 e. The Bertz CT molecular complexity index is 1400. The summed E-state index contributed by atoms with van der Waals surface area (Å²) in [6.45, 7) is 2.79. The van der Waals surface area contributed by atoms with Crippen LogP contribution >= 0.6 is 11.3 Å². The summed E-state index contributed by atoms with van der Waals surface area (Å²) in [6, 6.07) is 5.43. The minimum absolute atomic E-state index is 0.0457. The normalized spacial score (nSPS) is 17.9. The van der Waals surface area contributed by atoms with Crippen molar-refractivity contribution in [2.45, 2.75) is 31.8 Å². The molecule has 35 heavy (non-hydrogen) atoms. The van der Waals surface area contributed by atoms with E-state index in [1.54, 1.807) is 47.2 Å². The van der Waals surface area contributed by atoms with Crippen molar-refractivity contribution in [1.82, 2.24) is 30.0 Å². The van der Waals surface area contributed by atoms with Crippen LogP contribution in [0.2, 0.25) is 0 Å². The molecule has 1 fully saturated rings. The Kier molecular flexibility index (Phi) is 6.03. The quantitative estimate of drug-likeness (QED) is 0.373. The van der Waals surface area contributed by atoms with Crippen molar-refractivity contribution >= 4 is 50.7 Å². The molecule has 4 N–H and O–H groups in total. The lowest BCUT2D eigenvalue weighted by Gasteiger charge is -2.40. The van der Waals surface area contributed by atoms with Crippen LogP contribution in [-0.4, -0.2) is 55.2 Å². The zero-order chi connectivity index (χ0) is 24.5. The Morgan fingerprint density at radius 1 is 1.23 bits per heavy atom. The molecule has 12 heteroatoms. The largest absolute Gasteiger partial charge is 0.364 e. The summed E-state index contributed by atoms with van der Waals surface area (Å²) in [5.41, 5.74) is 9.41. The number of rotatable bonds is 6. The van der Waals surface area contributed by atoms with E-state index in [1.165, 1.54) is 0 Å². The van der Waals surface area contributed by atoms with E-state index in [1.807, 2.05) is 25.1 Å². The molecule has 0 spiro atoms. The van der Waals surface area contributed by atoms with Crippen molar-refractivity contribution in [2.75, 3.05) is 16.8 Å². The maximum atomic E-state index is 13.0. The summed E-state index contributed by atoms with van der Waals surface area (Å²) in [6.07, 6.45) is 6.64. The van der Waals surface area contributed by atoms with E-state index < -0.39 is 5.91 Å². The third-order valence-electron chi connectivity index (χ3n) is 6.15. The van der Waals surface area contributed by atoms with Gasteiger partial charge >= 0.3 is 0 Å². The first kappa shape index (κ1) is 22.7. The average molecular weight is 492 g/mol. The molecule has 0 radical (unpaired) electrons. The second-order valence-electron chi connectivity index (χ2n) is 8.51. The van der Waals surface area contributed by atoms with Gasteiger partial charge in [-0.15, -0.1) is 11.3 Å². The van der Waals surface area contributed by atoms with Gasteiger partial charge in [0.15, 0.2) is 11.5 Å². The van der Waals surface area contributed by atoms with Crippen LogP contribution < -0.4 is 21.3 Å². The average Bonchev–Trinajstić information content (AvgIpc) is 3.48. The SMILES string of the molecule is C[C@@H]1[C@H](NC(=O)c2ccc3scnc3c2)CCCN1c1cnc(C(N)=O)c(Nc2cnn(C)c2)n1. The highest BCUT2D eigenvalue weighted by molar-refractivity contribution is 7.16. The molecule has 2 amide bonds. The van der Waals surface area contributed by atoms with Crippen molar-refractivity contribution in [3.63, 3.8) is 0 Å². The molecule has 1 aromatic carbocycles. The first-order valence-corrected chi connectivity index (χ1v) is 12.1. The van der Waals surface area contributed by atoms with Crippen molar-refractivity contribution in [3.05, 3.63) is 53.6 Å². The zero-order valence-electron chi connectivity index (χ0n) is 19.3. The molecule has 4 aromatic rings. The van der Waals surface area contributed by atoms with E-state index >= 15 is 0 Å². The highest BCUT2D eigenvalue weighted by atomic mass is 32.1. The number of nitrogens with two attached hydrogens (primary N) is 1. The topological polar surface area (TPSA) is 144 Å². The molecular weight excluding hydrogens is 466 g/mol. The van der Waals surface area contributed by atoms with Gasteiger partial charge in [0.2, 0.25) is 0 Å². The number of nitrogens with one attached hydrogen (secondary N) is 2. The molecule has 4 heterocycles. The zero-order valence-corrected chi connectivity index (χ0v) is 20.1. The number of aromatic nitrogens is 5. The lowest BCUT2D eigenvalue weighted by atomic mass is 9.97. The van der Waals surface area contributed by atoms with Crippen LogP contribution in [0.3, 0.4) is 0 Å². The molecule has 2 atom stereocenters. The lowest BCUT2D eigenvalue weighted by molar-refractivity contribution is 0.0923. The summed E-state index contributed by atoms with van der Waals surface area (Å²) >= 11 is 1.55. The second kappa shape index (κ2) is 9.29. The number of hydrogen-bond acceptors (Lipinski definition) is 9. The molecule has 11 nitrogen and oxygen atoms in total. The number of carbonyl (C=O) groups excluding carboxylic acids is 2. The summed E-state index contributed by atoms with van der Waals surface area (Å²) in [5.74, 6) is 0.0479. The van der Waals surface area contributed by atoms with Crippen LogP contribution in [0.4, 0.5) is 17.3 Å². The number of primary amides is 1. The monoisotopic (exact) mass is 491 g/mol. The van der Waals surface area contributed by atoms with Crippen LogP contribution in [0.1, 0.15) is 40.6 Å². The first-order chi connectivity index (χ1) is 16.9. The fraction of sp³-hybridized carbons (Fsp3) is 0.304. The van der Waals surface area contributed by atoms with Crippen LogP contribution in [0.15, 0.2) is 42.3 Å². The van der Waals surface area contributed by atoms with Crippen molar-refractivity contribution in [2.24, 2.45) is 12.8 Å². The van der Waals surface area contributed by atoms with Gasteiger partial charge in [-0.2, -0.15) is 5.10 Å². The summed E-state index contributed by atoms with van der Waals surface area (Å²) in [5, 5.41) is 10.4. The molecular formula is C23H25N9O2S. The summed E-state index contributed by atoms with van der Waals surface area (Å²) in [4.78, 5) is 40.3. The molecule has 180 valence electrons. The van der Waals surface area contributed by atoms with Crippen LogP contribution in [0.5, 0.6) is 0 Å². The first-order valence-electron chi connectivity index (χ1n) is 11.2. The lowest BCUT2D eigenvalue weighted by Crippen LogP contribution is -2.54. The third-order valence-corrected chi connectivity index (χ3v) is 6.96. The fourth-order valence-electron chi connectivity index (χ4n) is 4.32. The van der Waals surface area contributed by atoms with Crippen molar-refractivity contribution in [3.8, 4) is 0 Å². The second-order valence-corrected chi connectivity index (χ2v) is 9.39. The molecule has 1 saturated heterocycles. The molecule has 0 bridgehead atoms. The summed E-state index contributed by atoms with van der Waals surface area (Å²) in [7, 11) is 1.79. The third kappa shape index (κ3) is 4.64. The van der Waals surface area contributed by atoms with Crippen LogP contribution in [0, 0.1) is 0 Å². The van der Waals surface area contributed by atoms with Gasteiger partial charge in [0.1, 0.15) is 5.82 Å². The van der Waals surface area contributed by atoms with E-state index in [2.05, 4.69) is 35.6 Å². The highest BCUT2D eigenvalue weighted by Crippen LogP contribution is 2.27. The Labute approximate surface area is 205 Å². The van der Waals surface area contributed by atoms with Gasteiger partial charge in [0.05, 0.1) is 33.8 Å². The molecule has 5 rings (SSSR count). The Hall–Kier alpha value is -4.06. The highest BCUT2D eigenvalue weighted by Gasteiger charge is 2.31. The maximum Gasteiger partial charge on any atom is 0.271 e. The van der Waals surface area contributed by atoms with Gasteiger partial charge in [-0.3, -0.25) is 14.3 Å². The number of anilines is 3. The minimum Gasteiger partial charge on any atom is -0.364 e. The van der Waals surface area contributed by atoms with Gasteiger partial charge in [0.25, 0.3) is 11.8 Å². The van der Waals surface area contributed by atoms with Gasteiger partial charge in [-0.1, -0.05) is 0 Å². The number of aryl methyl sites for hydroxylation is 1. The van der Waals surface area contributed by atoms with E-state index in [9.17, 15) is 9.59 Å². The number of piperidine rings is 1. The van der Waals surface area contributed by atoms with E-state index in [-0.39, 0.29) is 29.5 Å². The van der Waals surface area contributed by atoms with Crippen molar-refractivity contribution < 1.29 is 9.59 Å². The predicted molar refractivity (Wildman–Crippen MR) is 134 cm³/mol. The number of benzene rings is 1. The van der Waals surface area contributed by atoms with E-state index in [0.717, 1.165) is 29.6 Å². The Morgan fingerprint density at radius 3 is 2.86 bits per heavy atom. The number of thiazole rings is 1. The number of amides is 2. The van der Waals surface area contributed by atoms with Gasteiger partial charge in [-0.25, -0.2) is 15.0 Å².